The molecule has 0 radical (unpaired) electrons. The van der Waals surface area contributed by atoms with Gasteiger partial charge in [-0.2, -0.15) is 5.10 Å². The first kappa shape index (κ1) is 16.0. The summed E-state index contributed by atoms with van der Waals surface area (Å²) in [4.78, 5) is 2.37. The lowest BCUT2D eigenvalue weighted by Gasteiger charge is -2.35. The van der Waals surface area contributed by atoms with E-state index in [0.29, 0.717) is 18.3 Å². The molecule has 0 N–H and O–H groups in total. The highest BCUT2D eigenvalue weighted by Crippen LogP contribution is 2.25. The Labute approximate surface area is 146 Å². The zero-order valence-electron chi connectivity index (χ0n) is 14.2. The number of hydrogen-bond donors (Lipinski definition) is 0. The molecule has 0 unspecified atom stereocenters. The highest BCUT2D eigenvalue weighted by atomic mass is 16.5. The number of morpholine rings is 1. The predicted molar refractivity (Wildman–Crippen MR) is 90.6 cm³/mol. The Morgan fingerprint density at radius 2 is 1.96 bits per heavy atom. The molecule has 0 spiro atoms. The van der Waals surface area contributed by atoms with Gasteiger partial charge in [-0.25, -0.2) is 0 Å². The quantitative estimate of drug-likeness (QED) is 0.710. The fourth-order valence-corrected chi connectivity index (χ4v) is 3.14. The van der Waals surface area contributed by atoms with Crippen molar-refractivity contribution in [3.05, 3.63) is 66.1 Å². The van der Waals surface area contributed by atoms with Crippen LogP contribution in [0.3, 0.4) is 0 Å². The summed E-state index contributed by atoms with van der Waals surface area (Å²) >= 11 is 0. The molecule has 1 aliphatic heterocycles. The van der Waals surface area contributed by atoms with E-state index in [1.165, 1.54) is 5.56 Å². The highest BCUT2D eigenvalue weighted by molar-refractivity contribution is 5.14. The first-order valence-corrected chi connectivity index (χ1v) is 8.48. The maximum atomic E-state index is 6.03. The highest BCUT2D eigenvalue weighted by Gasteiger charge is 2.30. The maximum absolute atomic E-state index is 6.03. The summed E-state index contributed by atoms with van der Waals surface area (Å²) in [6.45, 7) is 5.06. The van der Waals surface area contributed by atoms with Crippen LogP contribution in [0.25, 0.3) is 0 Å². The topological polar surface area (TPSA) is 69.2 Å². The Morgan fingerprint density at radius 3 is 2.76 bits per heavy atom. The molecule has 4 rings (SSSR count). The van der Waals surface area contributed by atoms with Crippen molar-refractivity contribution in [2.45, 2.75) is 32.2 Å². The lowest BCUT2D eigenvalue weighted by atomic mass is 10.1. The summed E-state index contributed by atoms with van der Waals surface area (Å²) in [5.41, 5.74) is 1.29. The van der Waals surface area contributed by atoms with Gasteiger partial charge >= 0.3 is 0 Å². The molecule has 2 aromatic heterocycles. The molecule has 7 heteroatoms. The average Bonchev–Trinajstić information content (AvgIpc) is 3.28. The van der Waals surface area contributed by atoms with Crippen LogP contribution in [-0.2, 0) is 17.8 Å². The van der Waals surface area contributed by atoms with Gasteiger partial charge in [0.15, 0.2) is 0 Å². The third-order valence-corrected chi connectivity index (χ3v) is 4.20. The summed E-state index contributed by atoms with van der Waals surface area (Å²) in [6.07, 6.45) is 3.50. The van der Waals surface area contributed by atoms with Gasteiger partial charge in [-0.1, -0.05) is 30.3 Å². The molecule has 0 amide bonds. The van der Waals surface area contributed by atoms with Crippen molar-refractivity contribution < 1.29 is 9.15 Å². The Bertz CT molecular complexity index is 787. The molecule has 1 saturated heterocycles. The van der Waals surface area contributed by atoms with E-state index in [2.05, 4.69) is 51.4 Å². The monoisotopic (exact) mass is 339 g/mol. The minimum Gasteiger partial charge on any atom is -0.420 e. The second kappa shape index (κ2) is 7.16. The third-order valence-electron chi connectivity index (χ3n) is 4.20. The number of hydrogen-bond acceptors (Lipinski definition) is 6. The van der Waals surface area contributed by atoms with Gasteiger partial charge in [0.1, 0.15) is 12.6 Å². The minimum absolute atomic E-state index is 0.115. The summed E-state index contributed by atoms with van der Waals surface area (Å²) in [5.74, 6) is 1.07. The Balaban J connectivity index is 1.43. The van der Waals surface area contributed by atoms with Gasteiger partial charge in [0.25, 0.3) is 0 Å². The van der Waals surface area contributed by atoms with Crippen LogP contribution in [0, 0.1) is 0 Å². The molecule has 1 aromatic carbocycles. The second-order valence-electron chi connectivity index (χ2n) is 6.35. The van der Waals surface area contributed by atoms with E-state index >= 15 is 0 Å². The molecule has 0 saturated carbocycles. The van der Waals surface area contributed by atoms with Crippen LogP contribution < -0.4 is 0 Å². The van der Waals surface area contributed by atoms with Gasteiger partial charge in [0.2, 0.25) is 11.8 Å². The predicted octanol–water partition coefficient (Wildman–Crippen LogP) is 2.28. The Hall–Kier alpha value is -2.51. The van der Waals surface area contributed by atoms with E-state index in [1.54, 1.807) is 10.9 Å². The van der Waals surface area contributed by atoms with E-state index in [4.69, 9.17) is 9.15 Å². The molecule has 1 aliphatic rings. The van der Waals surface area contributed by atoms with Crippen LogP contribution in [0.2, 0.25) is 0 Å². The van der Waals surface area contributed by atoms with E-state index in [-0.39, 0.29) is 12.2 Å². The third kappa shape index (κ3) is 3.94. The summed E-state index contributed by atoms with van der Waals surface area (Å²) < 4.78 is 13.6. The lowest BCUT2D eigenvalue weighted by Crippen LogP contribution is -2.42. The normalized spacial score (nSPS) is 21.5. The number of aromatic nitrogens is 4. The number of nitrogens with zero attached hydrogens (tertiary/aromatic N) is 5. The maximum Gasteiger partial charge on any atom is 0.246 e. The minimum atomic E-state index is -0.202. The summed E-state index contributed by atoms with van der Waals surface area (Å²) in [6, 6.07) is 12.3. The van der Waals surface area contributed by atoms with Crippen molar-refractivity contribution in [1.82, 2.24) is 24.9 Å². The van der Waals surface area contributed by atoms with Crippen LogP contribution in [0.5, 0.6) is 0 Å². The smallest absolute Gasteiger partial charge is 0.246 e. The molecule has 3 aromatic rings. The van der Waals surface area contributed by atoms with Crippen LogP contribution in [0.1, 0.15) is 30.4 Å². The molecular formula is C18H21N5O2. The number of benzene rings is 1. The van der Waals surface area contributed by atoms with Crippen molar-refractivity contribution in [3.63, 3.8) is 0 Å². The number of ether oxygens (including phenoxy) is 1. The molecule has 2 atom stereocenters. The lowest BCUT2D eigenvalue weighted by molar-refractivity contribution is -0.0918. The van der Waals surface area contributed by atoms with Crippen molar-refractivity contribution in [2.75, 3.05) is 13.1 Å². The zero-order chi connectivity index (χ0) is 17.1. The van der Waals surface area contributed by atoms with Crippen molar-refractivity contribution in [1.29, 1.82) is 0 Å². The fraction of sp³-hybridized carbons (Fsp3) is 0.389. The molecule has 130 valence electrons. The van der Waals surface area contributed by atoms with Gasteiger partial charge in [-0.15, -0.1) is 10.2 Å². The van der Waals surface area contributed by atoms with Crippen LogP contribution in [-0.4, -0.2) is 44.1 Å². The Morgan fingerprint density at radius 1 is 1.08 bits per heavy atom. The molecular weight excluding hydrogens is 318 g/mol. The van der Waals surface area contributed by atoms with Crippen LogP contribution in [0.15, 0.2) is 53.2 Å². The second-order valence-corrected chi connectivity index (χ2v) is 6.35. The SMILES string of the molecule is C[C@@H]1CN(Cc2ccccc2)C[C@H](c2nnc(Cn3cccn3)o2)O1. The van der Waals surface area contributed by atoms with Crippen molar-refractivity contribution >= 4 is 0 Å². The van der Waals surface area contributed by atoms with Crippen molar-refractivity contribution in [3.8, 4) is 0 Å². The molecule has 25 heavy (non-hydrogen) atoms. The average molecular weight is 339 g/mol. The standard InChI is InChI=1S/C18H21N5O2/c1-14-10-22(11-15-6-3-2-4-7-15)12-16(24-14)18-21-20-17(25-18)13-23-9-5-8-19-23/h2-9,14,16H,10-13H2,1H3/t14-,16-/m1/s1. The molecule has 3 heterocycles. The van der Waals surface area contributed by atoms with E-state index < -0.39 is 0 Å². The molecule has 7 nitrogen and oxygen atoms in total. The van der Waals surface area contributed by atoms with Crippen LogP contribution >= 0.6 is 0 Å². The summed E-state index contributed by atoms with van der Waals surface area (Å²) in [7, 11) is 0. The van der Waals surface area contributed by atoms with Gasteiger partial charge in [0, 0.05) is 32.0 Å². The first-order chi connectivity index (χ1) is 12.3. The molecule has 0 bridgehead atoms. The van der Waals surface area contributed by atoms with E-state index in [9.17, 15) is 0 Å². The van der Waals surface area contributed by atoms with Gasteiger partial charge in [-0.3, -0.25) is 9.58 Å². The van der Waals surface area contributed by atoms with Crippen LogP contribution in [0.4, 0.5) is 0 Å². The van der Waals surface area contributed by atoms with Gasteiger partial charge in [0.05, 0.1) is 6.10 Å². The van der Waals surface area contributed by atoms with Gasteiger partial charge in [-0.05, 0) is 18.6 Å². The zero-order valence-corrected chi connectivity index (χ0v) is 14.2. The fourth-order valence-electron chi connectivity index (χ4n) is 3.14. The largest absolute Gasteiger partial charge is 0.420 e. The van der Waals surface area contributed by atoms with Gasteiger partial charge < -0.3 is 9.15 Å². The molecule has 0 aliphatic carbocycles. The molecule has 1 fully saturated rings. The van der Waals surface area contributed by atoms with E-state index in [1.807, 2.05) is 18.3 Å². The summed E-state index contributed by atoms with van der Waals surface area (Å²) in [5, 5.41) is 12.5. The van der Waals surface area contributed by atoms with Crippen molar-refractivity contribution in [2.24, 2.45) is 0 Å². The van der Waals surface area contributed by atoms with E-state index in [0.717, 1.165) is 19.6 Å². The first-order valence-electron chi connectivity index (χ1n) is 8.48. The Kier molecular flexibility index (Phi) is 4.58. The number of rotatable bonds is 5.